The van der Waals surface area contributed by atoms with Crippen molar-refractivity contribution in [3.8, 4) is 0 Å². The first-order valence-corrected chi connectivity index (χ1v) is 13.6. The first kappa shape index (κ1) is 27.2. The number of carbonyl (C=O) groups is 2. The summed E-state index contributed by atoms with van der Waals surface area (Å²) in [6.07, 6.45) is 1.33. The van der Waals surface area contributed by atoms with E-state index in [0.717, 1.165) is 27.3 Å². The number of carbonyl (C=O) groups excluding carboxylic acids is 2. The van der Waals surface area contributed by atoms with Gasteiger partial charge in [0.05, 0.1) is 11.9 Å². The fourth-order valence-corrected chi connectivity index (χ4v) is 4.81. The van der Waals surface area contributed by atoms with Crippen LogP contribution in [0.4, 0.5) is 5.69 Å². The van der Waals surface area contributed by atoms with Crippen LogP contribution in [0.2, 0.25) is 5.02 Å². The molecule has 0 aliphatic carbocycles. The predicted molar refractivity (Wildman–Crippen MR) is 143 cm³/mol. The maximum Gasteiger partial charge on any atom is 0.244 e. The number of halogens is 1. The molecule has 0 bridgehead atoms. The fourth-order valence-electron chi connectivity index (χ4n) is 3.83. The Kier molecular flexibility index (Phi) is 9.12. The number of likely N-dealkylation sites (N-methyl/N-ethyl adjacent to an activating group) is 1. The molecule has 0 heterocycles. The van der Waals surface area contributed by atoms with E-state index < -0.39 is 28.5 Å². The summed E-state index contributed by atoms with van der Waals surface area (Å²) in [5.74, 6) is -0.845. The quantitative estimate of drug-likeness (QED) is 0.434. The van der Waals surface area contributed by atoms with Crippen LogP contribution in [-0.4, -0.2) is 51.0 Å². The summed E-state index contributed by atoms with van der Waals surface area (Å²) in [5.41, 5.74) is 2.97. The maximum absolute atomic E-state index is 13.8. The van der Waals surface area contributed by atoms with E-state index in [9.17, 15) is 18.0 Å². The second-order valence-corrected chi connectivity index (χ2v) is 10.9. The van der Waals surface area contributed by atoms with Crippen molar-refractivity contribution in [3.05, 3.63) is 101 Å². The largest absolute Gasteiger partial charge is 0.357 e. The SMILES string of the molecule is CNC(=O)[C@H](Cc1ccccc1)N(Cc1ccc(Cl)cc1)C(=O)CN(c1ccc(C)cc1)S(C)(=O)=O. The number of benzene rings is 3. The minimum Gasteiger partial charge on any atom is -0.357 e. The zero-order valence-electron chi connectivity index (χ0n) is 20.5. The van der Waals surface area contributed by atoms with E-state index >= 15 is 0 Å². The second kappa shape index (κ2) is 12.1. The van der Waals surface area contributed by atoms with Crippen molar-refractivity contribution in [3.63, 3.8) is 0 Å². The Bertz CT molecular complexity index is 1280. The van der Waals surface area contributed by atoms with Gasteiger partial charge in [-0.25, -0.2) is 8.42 Å². The number of rotatable bonds is 10. The van der Waals surface area contributed by atoms with Gasteiger partial charge in [-0.3, -0.25) is 13.9 Å². The van der Waals surface area contributed by atoms with Crippen molar-refractivity contribution in [2.45, 2.75) is 25.9 Å². The highest BCUT2D eigenvalue weighted by Crippen LogP contribution is 2.21. The summed E-state index contributed by atoms with van der Waals surface area (Å²) in [4.78, 5) is 28.2. The van der Waals surface area contributed by atoms with Gasteiger partial charge >= 0.3 is 0 Å². The lowest BCUT2D eigenvalue weighted by molar-refractivity contribution is -0.139. The molecular weight excluding hydrogens is 498 g/mol. The third kappa shape index (κ3) is 7.32. The van der Waals surface area contributed by atoms with E-state index in [1.54, 1.807) is 48.5 Å². The molecule has 1 atom stereocenters. The minimum absolute atomic E-state index is 0.104. The zero-order valence-corrected chi connectivity index (χ0v) is 22.1. The van der Waals surface area contributed by atoms with Crippen molar-refractivity contribution in [1.29, 1.82) is 0 Å². The van der Waals surface area contributed by atoms with Crippen LogP contribution < -0.4 is 9.62 Å². The summed E-state index contributed by atoms with van der Waals surface area (Å²) >= 11 is 6.03. The van der Waals surface area contributed by atoms with Crippen LogP contribution in [0.5, 0.6) is 0 Å². The Balaban J connectivity index is 2.00. The normalized spacial score (nSPS) is 12.0. The molecule has 0 aromatic heterocycles. The Labute approximate surface area is 217 Å². The molecule has 0 unspecified atom stereocenters. The maximum atomic E-state index is 13.8. The summed E-state index contributed by atoms with van der Waals surface area (Å²) in [6.45, 7) is 1.55. The van der Waals surface area contributed by atoms with Crippen molar-refractivity contribution in [2.75, 3.05) is 24.2 Å². The monoisotopic (exact) mass is 527 g/mol. The van der Waals surface area contributed by atoms with Gasteiger partial charge in [-0.2, -0.15) is 0 Å². The number of amides is 2. The molecule has 190 valence electrons. The molecule has 0 saturated carbocycles. The summed E-state index contributed by atoms with van der Waals surface area (Å²) in [6, 6.07) is 22.4. The topological polar surface area (TPSA) is 86.8 Å². The molecule has 1 N–H and O–H groups in total. The highest BCUT2D eigenvalue weighted by atomic mass is 35.5. The van der Waals surface area contributed by atoms with Crippen LogP contribution in [0.25, 0.3) is 0 Å². The molecule has 0 aliphatic rings. The van der Waals surface area contributed by atoms with Crippen LogP contribution in [0.1, 0.15) is 16.7 Å². The third-order valence-corrected chi connectivity index (χ3v) is 7.18. The van der Waals surface area contributed by atoms with Crippen molar-refractivity contribution in [2.24, 2.45) is 0 Å². The first-order valence-electron chi connectivity index (χ1n) is 11.4. The first-order chi connectivity index (χ1) is 17.1. The average molecular weight is 528 g/mol. The fraction of sp³-hybridized carbons (Fsp3) is 0.259. The van der Waals surface area contributed by atoms with E-state index in [1.807, 2.05) is 37.3 Å². The highest BCUT2D eigenvalue weighted by molar-refractivity contribution is 7.92. The lowest BCUT2D eigenvalue weighted by atomic mass is 10.0. The molecule has 36 heavy (non-hydrogen) atoms. The van der Waals surface area contributed by atoms with E-state index in [-0.39, 0.29) is 18.9 Å². The van der Waals surface area contributed by atoms with Crippen molar-refractivity contribution in [1.82, 2.24) is 10.2 Å². The second-order valence-electron chi connectivity index (χ2n) is 8.57. The van der Waals surface area contributed by atoms with E-state index in [2.05, 4.69) is 5.32 Å². The highest BCUT2D eigenvalue weighted by Gasteiger charge is 2.32. The van der Waals surface area contributed by atoms with Gasteiger partial charge in [-0.1, -0.05) is 71.8 Å². The van der Waals surface area contributed by atoms with E-state index in [4.69, 9.17) is 11.6 Å². The van der Waals surface area contributed by atoms with Gasteiger partial charge in [0.25, 0.3) is 0 Å². The molecule has 3 rings (SSSR count). The standard InChI is InChI=1S/C27H30ClN3O4S/c1-20-9-15-24(16-10-20)31(36(3,34)35)19-26(32)30(18-22-11-13-23(28)14-12-22)25(27(33)29-2)17-21-7-5-4-6-8-21/h4-16,25H,17-19H2,1-3H3,(H,29,33)/t25-/m0/s1. The predicted octanol–water partition coefficient (Wildman–Crippen LogP) is 3.80. The summed E-state index contributed by atoms with van der Waals surface area (Å²) < 4.78 is 26.4. The molecule has 3 aromatic carbocycles. The number of sulfonamides is 1. The molecule has 0 radical (unpaired) electrons. The minimum atomic E-state index is -3.78. The molecule has 0 aliphatic heterocycles. The van der Waals surface area contributed by atoms with E-state index in [1.165, 1.54) is 11.9 Å². The Morgan fingerprint density at radius 3 is 2.08 bits per heavy atom. The average Bonchev–Trinajstić information content (AvgIpc) is 2.86. The van der Waals surface area contributed by atoms with Crippen LogP contribution in [0.15, 0.2) is 78.9 Å². The van der Waals surface area contributed by atoms with Gasteiger partial charge in [0.15, 0.2) is 0 Å². The summed E-state index contributed by atoms with van der Waals surface area (Å²) in [5, 5.41) is 3.20. The van der Waals surface area contributed by atoms with E-state index in [0.29, 0.717) is 10.7 Å². The number of nitrogens with zero attached hydrogens (tertiary/aromatic N) is 2. The Morgan fingerprint density at radius 1 is 0.917 bits per heavy atom. The van der Waals surface area contributed by atoms with Gasteiger partial charge in [0.2, 0.25) is 21.8 Å². The number of hydrogen-bond acceptors (Lipinski definition) is 4. The molecule has 0 fully saturated rings. The zero-order chi connectivity index (χ0) is 26.3. The number of hydrogen-bond donors (Lipinski definition) is 1. The molecular formula is C27H30ClN3O4S. The summed E-state index contributed by atoms with van der Waals surface area (Å²) in [7, 11) is -2.27. The number of aryl methyl sites for hydroxylation is 1. The smallest absolute Gasteiger partial charge is 0.244 e. The van der Waals surface area contributed by atoms with Crippen LogP contribution in [-0.2, 0) is 32.6 Å². The Morgan fingerprint density at radius 2 is 1.53 bits per heavy atom. The van der Waals surface area contributed by atoms with Gasteiger partial charge in [0, 0.05) is 25.0 Å². The lowest BCUT2D eigenvalue weighted by Gasteiger charge is -2.33. The Hall–Kier alpha value is -3.36. The third-order valence-electron chi connectivity index (χ3n) is 5.78. The lowest BCUT2D eigenvalue weighted by Crippen LogP contribution is -2.52. The number of nitrogens with one attached hydrogen (secondary N) is 1. The molecule has 7 nitrogen and oxygen atoms in total. The van der Waals surface area contributed by atoms with Crippen molar-refractivity contribution < 1.29 is 18.0 Å². The van der Waals surface area contributed by atoms with Crippen LogP contribution in [0, 0.1) is 6.92 Å². The van der Waals surface area contributed by atoms with Gasteiger partial charge in [-0.15, -0.1) is 0 Å². The molecule has 3 aromatic rings. The van der Waals surface area contributed by atoms with Gasteiger partial charge in [-0.05, 0) is 42.3 Å². The number of anilines is 1. The van der Waals surface area contributed by atoms with Gasteiger partial charge < -0.3 is 10.2 Å². The van der Waals surface area contributed by atoms with Crippen LogP contribution in [0.3, 0.4) is 0 Å². The molecule has 2 amide bonds. The van der Waals surface area contributed by atoms with Gasteiger partial charge in [0.1, 0.15) is 12.6 Å². The van der Waals surface area contributed by atoms with Crippen LogP contribution >= 0.6 is 11.6 Å². The molecule has 0 saturated heterocycles. The molecule has 9 heteroatoms. The van der Waals surface area contributed by atoms with Crippen molar-refractivity contribution >= 4 is 39.1 Å². The molecule has 0 spiro atoms.